The molecule has 2 N–H and O–H groups in total. The van der Waals surface area contributed by atoms with Gasteiger partial charge in [-0.2, -0.15) is 0 Å². The third kappa shape index (κ3) is 2.20. The molecule has 2 atom stereocenters. The molecule has 0 saturated carbocycles. The van der Waals surface area contributed by atoms with E-state index in [9.17, 15) is 0 Å². The molecule has 1 saturated heterocycles. The van der Waals surface area contributed by atoms with Gasteiger partial charge in [0.25, 0.3) is 0 Å². The minimum Gasteiger partial charge on any atom is -0.260 e. The van der Waals surface area contributed by atoms with Gasteiger partial charge in [-0.15, -0.1) is 0 Å². The fraction of sp³-hybridized carbons (Fsp3) is 0.214. The molecule has 0 aliphatic carbocycles. The molecule has 3 rings (SSSR count). The molecule has 2 heterocycles. The number of nitrogens with one attached hydrogen (secondary N) is 2. The highest BCUT2D eigenvalue weighted by atomic mass is 15.4. The average Bonchev–Trinajstić information content (AvgIpc) is 2.90. The number of nitrogens with zero attached hydrogens (tertiary/aromatic N) is 1. The van der Waals surface area contributed by atoms with Gasteiger partial charge in [0, 0.05) is 12.2 Å². The molecule has 2 unspecified atom stereocenters. The van der Waals surface area contributed by atoms with Crippen molar-refractivity contribution < 1.29 is 0 Å². The Morgan fingerprint density at radius 3 is 2.41 bits per heavy atom. The Morgan fingerprint density at radius 2 is 1.65 bits per heavy atom. The van der Waals surface area contributed by atoms with E-state index in [1.165, 1.54) is 5.56 Å². The van der Waals surface area contributed by atoms with E-state index in [4.69, 9.17) is 0 Å². The largest absolute Gasteiger partial charge is 0.260 e. The molecular weight excluding hydrogens is 210 g/mol. The molecule has 86 valence electrons. The van der Waals surface area contributed by atoms with Gasteiger partial charge in [-0.25, -0.2) is 10.9 Å². The van der Waals surface area contributed by atoms with Crippen LogP contribution in [0, 0.1) is 0 Å². The van der Waals surface area contributed by atoms with E-state index in [1.807, 2.05) is 24.4 Å². The molecular formula is C14H15N3. The van der Waals surface area contributed by atoms with Crippen molar-refractivity contribution in [2.75, 3.05) is 0 Å². The molecule has 1 aliphatic heterocycles. The lowest BCUT2D eigenvalue weighted by Gasteiger charge is -2.09. The summed E-state index contributed by atoms with van der Waals surface area (Å²) in [5, 5.41) is 0. The second-order valence-corrected chi connectivity index (χ2v) is 4.29. The van der Waals surface area contributed by atoms with E-state index in [-0.39, 0.29) is 0 Å². The van der Waals surface area contributed by atoms with Crippen LogP contribution in [0.1, 0.15) is 29.8 Å². The molecule has 0 radical (unpaired) electrons. The highest BCUT2D eigenvalue weighted by Crippen LogP contribution is 2.29. The lowest BCUT2D eigenvalue weighted by atomic mass is 10.0. The summed E-state index contributed by atoms with van der Waals surface area (Å²) in [5.74, 6) is 0. The van der Waals surface area contributed by atoms with Gasteiger partial charge in [0.1, 0.15) is 0 Å². The molecule has 1 aliphatic rings. The average molecular weight is 225 g/mol. The fourth-order valence-electron chi connectivity index (χ4n) is 2.24. The zero-order valence-corrected chi connectivity index (χ0v) is 9.51. The second-order valence-electron chi connectivity index (χ2n) is 4.29. The van der Waals surface area contributed by atoms with Gasteiger partial charge in [0.05, 0.1) is 11.7 Å². The quantitative estimate of drug-likeness (QED) is 0.824. The monoisotopic (exact) mass is 225 g/mol. The number of hydrogen-bond donors (Lipinski definition) is 2. The third-order valence-corrected chi connectivity index (χ3v) is 3.15. The maximum absolute atomic E-state index is 4.39. The SMILES string of the molecule is c1ccc(C2CC(c3ccccn3)NN2)cc1. The highest BCUT2D eigenvalue weighted by molar-refractivity contribution is 5.21. The maximum Gasteiger partial charge on any atom is 0.0653 e. The van der Waals surface area contributed by atoms with Crippen LogP contribution in [-0.2, 0) is 0 Å². The van der Waals surface area contributed by atoms with E-state index in [0.29, 0.717) is 12.1 Å². The van der Waals surface area contributed by atoms with Crippen molar-refractivity contribution in [3.63, 3.8) is 0 Å². The Morgan fingerprint density at radius 1 is 0.882 bits per heavy atom. The van der Waals surface area contributed by atoms with Crippen LogP contribution in [0.5, 0.6) is 0 Å². The predicted octanol–water partition coefficient (Wildman–Crippen LogP) is 2.36. The summed E-state index contributed by atoms with van der Waals surface area (Å²) in [5.41, 5.74) is 9.05. The standard InChI is InChI=1S/C14H15N3/c1-2-6-11(7-3-1)13-10-14(17-16-13)12-8-4-5-9-15-12/h1-9,13-14,16-17H,10H2. The summed E-state index contributed by atoms with van der Waals surface area (Å²) in [6, 6.07) is 17.2. The smallest absolute Gasteiger partial charge is 0.0653 e. The Labute approximate surface area is 101 Å². The molecule has 17 heavy (non-hydrogen) atoms. The molecule has 0 bridgehead atoms. The number of hydrazine groups is 1. The van der Waals surface area contributed by atoms with Gasteiger partial charge in [0.2, 0.25) is 0 Å². The summed E-state index contributed by atoms with van der Waals surface area (Å²) in [6.07, 6.45) is 2.87. The Balaban J connectivity index is 1.75. The van der Waals surface area contributed by atoms with Crippen molar-refractivity contribution in [3.8, 4) is 0 Å². The maximum atomic E-state index is 4.39. The van der Waals surface area contributed by atoms with Gasteiger partial charge < -0.3 is 0 Å². The third-order valence-electron chi connectivity index (χ3n) is 3.15. The van der Waals surface area contributed by atoms with Crippen LogP contribution >= 0.6 is 0 Å². The summed E-state index contributed by atoms with van der Waals surface area (Å²) in [7, 11) is 0. The molecule has 0 amide bonds. The van der Waals surface area contributed by atoms with Crippen LogP contribution in [0.15, 0.2) is 54.7 Å². The number of benzene rings is 1. The van der Waals surface area contributed by atoms with Crippen molar-refractivity contribution in [2.45, 2.75) is 18.5 Å². The normalized spacial score (nSPS) is 23.8. The van der Waals surface area contributed by atoms with Crippen LogP contribution in [-0.4, -0.2) is 4.98 Å². The summed E-state index contributed by atoms with van der Waals surface area (Å²) >= 11 is 0. The first-order valence-corrected chi connectivity index (χ1v) is 5.90. The van der Waals surface area contributed by atoms with Gasteiger partial charge in [-0.05, 0) is 24.1 Å². The number of aromatic nitrogens is 1. The second kappa shape index (κ2) is 4.65. The lowest BCUT2D eigenvalue weighted by Crippen LogP contribution is -2.26. The fourth-order valence-corrected chi connectivity index (χ4v) is 2.24. The number of rotatable bonds is 2. The van der Waals surface area contributed by atoms with E-state index in [1.54, 1.807) is 0 Å². The van der Waals surface area contributed by atoms with Crippen LogP contribution in [0.2, 0.25) is 0 Å². The van der Waals surface area contributed by atoms with Crippen LogP contribution in [0.3, 0.4) is 0 Å². The molecule has 2 aromatic rings. The van der Waals surface area contributed by atoms with Crippen molar-refractivity contribution in [2.24, 2.45) is 0 Å². The summed E-state index contributed by atoms with van der Waals surface area (Å²) < 4.78 is 0. The van der Waals surface area contributed by atoms with E-state index >= 15 is 0 Å². The summed E-state index contributed by atoms with van der Waals surface area (Å²) in [4.78, 5) is 4.39. The minimum atomic E-state index is 0.293. The lowest BCUT2D eigenvalue weighted by molar-refractivity contribution is 0.549. The van der Waals surface area contributed by atoms with Gasteiger partial charge in [-0.3, -0.25) is 4.98 Å². The van der Waals surface area contributed by atoms with E-state index in [0.717, 1.165) is 12.1 Å². The van der Waals surface area contributed by atoms with Crippen molar-refractivity contribution in [1.82, 2.24) is 15.8 Å². The first kappa shape index (κ1) is 10.4. The number of pyridine rings is 1. The molecule has 1 fully saturated rings. The molecule has 1 aromatic heterocycles. The Kier molecular flexibility index (Phi) is 2.86. The highest BCUT2D eigenvalue weighted by Gasteiger charge is 2.26. The molecule has 0 spiro atoms. The van der Waals surface area contributed by atoms with Crippen molar-refractivity contribution in [3.05, 3.63) is 66.0 Å². The zero-order chi connectivity index (χ0) is 11.5. The minimum absolute atomic E-state index is 0.293. The summed E-state index contributed by atoms with van der Waals surface area (Å²) in [6.45, 7) is 0. The van der Waals surface area contributed by atoms with Crippen molar-refractivity contribution >= 4 is 0 Å². The van der Waals surface area contributed by atoms with Crippen molar-refractivity contribution in [1.29, 1.82) is 0 Å². The van der Waals surface area contributed by atoms with Gasteiger partial charge in [0.15, 0.2) is 0 Å². The molecule has 3 heteroatoms. The Bertz CT molecular complexity index is 424. The van der Waals surface area contributed by atoms with Crippen LogP contribution < -0.4 is 10.9 Å². The first-order chi connectivity index (χ1) is 8.43. The zero-order valence-electron chi connectivity index (χ0n) is 9.51. The van der Waals surface area contributed by atoms with Gasteiger partial charge in [-0.1, -0.05) is 36.4 Å². The van der Waals surface area contributed by atoms with E-state index < -0.39 is 0 Å². The van der Waals surface area contributed by atoms with Crippen LogP contribution in [0.4, 0.5) is 0 Å². The predicted molar refractivity (Wildman–Crippen MR) is 67.0 cm³/mol. The van der Waals surface area contributed by atoms with E-state index in [2.05, 4.69) is 46.2 Å². The number of hydrogen-bond acceptors (Lipinski definition) is 3. The molecule has 1 aromatic carbocycles. The molecule has 3 nitrogen and oxygen atoms in total. The first-order valence-electron chi connectivity index (χ1n) is 5.90. The topological polar surface area (TPSA) is 37.0 Å². The van der Waals surface area contributed by atoms with Gasteiger partial charge >= 0.3 is 0 Å². The Hall–Kier alpha value is -1.71. The van der Waals surface area contributed by atoms with Crippen LogP contribution in [0.25, 0.3) is 0 Å².